The van der Waals surface area contributed by atoms with E-state index in [0.29, 0.717) is 11.6 Å². The van der Waals surface area contributed by atoms with E-state index in [9.17, 15) is 0 Å². The van der Waals surface area contributed by atoms with Crippen molar-refractivity contribution in [1.29, 1.82) is 0 Å². The van der Waals surface area contributed by atoms with E-state index in [2.05, 4.69) is 12.2 Å². The molecule has 0 bridgehead atoms. The number of nitrogens with zero attached hydrogens (tertiary/aromatic N) is 1. The van der Waals surface area contributed by atoms with Crippen molar-refractivity contribution in [2.45, 2.75) is 76.3 Å². The molecule has 3 heteroatoms. The summed E-state index contributed by atoms with van der Waals surface area (Å²) in [5, 5.41) is 4.99. The highest BCUT2D eigenvalue weighted by Crippen LogP contribution is 2.38. The van der Waals surface area contributed by atoms with E-state index in [1.54, 1.807) is 0 Å². The van der Waals surface area contributed by atoms with Crippen LogP contribution in [-0.2, 0) is 0 Å². The van der Waals surface area contributed by atoms with Crippen molar-refractivity contribution in [3.05, 3.63) is 0 Å². The van der Waals surface area contributed by atoms with Crippen molar-refractivity contribution >= 4 is 16.9 Å². The van der Waals surface area contributed by atoms with Crippen molar-refractivity contribution < 1.29 is 0 Å². The van der Waals surface area contributed by atoms with Gasteiger partial charge in [-0.15, -0.1) is 0 Å². The van der Waals surface area contributed by atoms with E-state index in [0.717, 1.165) is 5.92 Å². The minimum absolute atomic E-state index is 0.426. The number of aliphatic imine (C=N–C) groups is 1. The smallest absolute Gasteiger partial charge is 0.157 e. The first-order chi connectivity index (χ1) is 8.77. The zero-order valence-electron chi connectivity index (χ0n) is 11.6. The maximum atomic E-state index is 4.99. The Hall–Kier alpha value is -0.180. The molecule has 0 radical (unpaired) electrons. The van der Waals surface area contributed by atoms with Crippen LogP contribution in [0, 0.1) is 5.92 Å². The zero-order valence-corrected chi connectivity index (χ0v) is 12.4. The third-order valence-electron chi connectivity index (χ3n) is 5.07. The molecule has 0 aromatic rings. The number of nitrogens with one attached hydrogen (secondary N) is 1. The van der Waals surface area contributed by atoms with Gasteiger partial charge in [0.15, 0.2) is 5.17 Å². The van der Waals surface area contributed by atoms with Crippen molar-refractivity contribution in [2.75, 3.05) is 5.75 Å². The van der Waals surface area contributed by atoms with Crippen LogP contribution in [0.25, 0.3) is 0 Å². The number of hydrogen-bond acceptors (Lipinski definition) is 2. The van der Waals surface area contributed by atoms with E-state index in [-0.39, 0.29) is 0 Å². The van der Waals surface area contributed by atoms with Crippen LogP contribution < -0.4 is 5.32 Å². The maximum Gasteiger partial charge on any atom is 0.157 e. The van der Waals surface area contributed by atoms with Gasteiger partial charge in [-0.3, -0.25) is 4.99 Å². The quantitative estimate of drug-likeness (QED) is 0.818. The number of rotatable bonds is 2. The summed E-state index contributed by atoms with van der Waals surface area (Å²) in [6.07, 6.45) is 12.6. The van der Waals surface area contributed by atoms with Gasteiger partial charge in [-0.25, -0.2) is 0 Å². The monoisotopic (exact) mass is 266 g/mol. The molecule has 3 rings (SSSR count). The minimum atomic E-state index is 0.426. The number of amidine groups is 1. The first-order valence-corrected chi connectivity index (χ1v) is 8.75. The molecule has 2 saturated carbocycles. The van der Waals surface area contributed by atoms with Gasteiger partial charge in [0.25, 0.3) is 0 Å². The summed E-state index contributed by atoms with van der Waals surface area (Å²) in [5.74, 6) is 2.09. The summed E-state index contributed by atoms with van der Waals surface area (Å²) in [5.41, 5.74) is 0.426. The summed E-state index contributed by atoms with van der Waals surface area (Å²) in [6.45, 7) is 2.32. The predicted octanol–water partition coefficient (Wildman–Crippen LogP) is 3.96. The molecular formula is C15H26N2S. The van der Waals surface area contributed by atoms with E-state index in [1.165, 1.54) is 68.7 Å². The Morgan fingerprint density at radius 3 is 2.61 bits per heavy atom. The SMILES string of the molecule is CC(N=C1NC2(CCCC2)CS1)C1CCCCC1. The molecule has 18 heavy (non-hydrogen) atoms. The van der Waals surface area contributed by atoms with Crippen molar-refractivity contribution in [3.8, 4) is 0 Å². The Bertz CT molecular complexity index is 314. The lowest BCUT2D eigenvalue weighted by molar-refractivity contribution is 0.317. The lowest BCUT2D eigenvalue weighted by Crippen LogP contribution is -2.41. The minimum Gasteiger partial charge on any atom is -0.359 e. The average molecular weight is 266 g/mol. The lowest BCUT2D eigenvalue weighted by atomic mass is 9.85. The van der Waals surface area contributed by atoms with E-state index >= 15 is 0 Å². The van der Waals surface area contributed by atoms with Crippen LogP contribution in [-0.4, -0.2) is 22.5 Å². The molecule has 2 nitrogen and oxygen atoms in total. The Morgan fingerprint density at radius 1 is 1.17 bits per heavy atom. The summed E-state index contributed by atoms with van der Waals surface area (Å²) in [7, 11) is 0. The van der Waals surface area contributed by atoms with E-state index < -0.39 is 0 Å². The number of hydrogen-bond donors (Lipinski definition) is 1. The second kappa shape index (κ2) is 5.44. The van der Waals surface area contributed by atoms with Gasteiger partial charge in [-0.2, -0.15) is 0 Å². The standard InChI is InChI=1S/C15H26N2S/c1-12(13-7-3-2-4-8-13)16-14-17-15(11-18-14)9-5-6-10-15/h12-13H,2-11H2,1H3,(H,16,17). The van der Waals surface area contributed by atoms with E-state index in [1.807, 2.05) is 11.8 Å². The molecule has 2 aliphatic carbocycles. The van der Waals surface area contributed by atoms with E-state index in [4.69, 9.17) is 4.99 Å². The molecule has 102 valence electrons. The van der Waals surface area contributed by atoms with Gasteiger partial charge >= 0.3 is 0 Å². The second-order valence-electron chi connectivity index (χ2n) is 6.47. The molecule has 1 heterocycles. The highest BCUT2D eigenvalue weighted by molar-refractivity contribution is 8.14. The largest absolute Gasteiger partial charge is 0.359 e. The highest BCUT2D eigenvalue weighted by atomic mass is 32.2. The Kier molecular flexibility index (Phi) is 3.88. The first kappa shape index (κ1) is 12.8. The first-order valence-electron chi connectivity index (χ1n) is 7.76. The van der Waals surface area contributed by atoms with Crippen molar-refractivity contribution in [1.82, 2.24) is 5.32 Å². The highest BCUT2D eigenvalue weighted by Gasteiger charge is 2.39. The molecule has 1 spiro atoms. The third kappa shape index (κ3) is 2.71. The van der Waals surface area contributed by atoms with Crippen LogP contribution in [0.15, 0.2) is 4.99 Å². The zero-order chi connectivity index (χ0) is 12.4. The molecule has 0 amide bonds. The van der Waals surface area contributed by atoms with Gasteiger partial charge in [0.2, 0.25) is 0 Å². The second-order valence-corrected chi connectivity index (χ2v) is 7.44. The Morgan fingerprint density at radius 2 is 1.89 bits per heavy atom. The maximum absolute atomic E-state index is 4.99. The van der Waals surface area contributed by atoms with Crippen molar-refractivity contribution in [3.63, 3.8) is 0 Å². The molecule has 1 unspecified atom stereocenters. The summed E-state index contributed by atoms with van der Waals surface area (Å²) < 4.78 is 0. The van der Waals surface area contributed by atoms with Gasteiger partial charge in [0.05, 0.1) is 6.04 Å². The summed E-state index contributed by atoms with van der Waals surface area (Å²) in [4.78, 5) is 4.99. The van der Waals surface area contributed by atoms with Gasteiger partial charge in [0.1, 0.15) is 0 Å². The fourth-order valence-corrected chi connectivity index (χ4v) is 5.11. The molecule has 1 N–H and O–H groups in total. The van der Waals surface area contributed by atoms with Gasteiger partial charge < -0.3 is 5.32 Å². The Balaban J connectivity index is 1.59. The molecule has 1 atom stereocenters. The van der Waals surface area contributed by atoms with Crippen LogP contribution >= 0.6 is 11.8 Å². The number of thioether (sulfide) groups is 1. The molecule has 0 aromatic carbocycles. The fraction of sp³-hybridized carbons (Fsp3) is 0.933. The predicted molar refractivity (Wildman–Crippen MR) is 80.3 cm³/mol. The molecule has 3 fully saturated rings. The van der Waals surface area contributed by atoms with Crippen LogP contribution in [0.3, 0.4) is 0 Å². The van der Waals surface area contributed by atoms with Crippen LogP contribution in [0.4, 0.5) is 0 Å². The topological polar surface area (TPSA) is 24.4 Å². The van der Waals surface area contributed by atoms with Crippen LogP contribution in [0.2, 0.25) is 0 Å². The lowest BCUT2D eigenvalue weighted by Gasteiger charge is -2.26. The van der Waals surface area contributed by atoms with Crippen molar-refractivity contribution in [2.24, 2.45) is 10.9 Å². The van der Waals surface area contributed by atoms with Crippen LogP contribution in [0.1, 0.15) is 64.7 Å². The molecule has 1 aliphatic heterocycles. The molecular weight excluding hydrogens is 240 g/mol. The van der Waals surface area contributed by atoms with Gasteiger partial charge in [-0.05, 0) is 38.5 Å². The summed E-state index contributed by atoms with van der Waals surface area (Å²) >= 11 is 1.97. The van der Waals surface area contributed by atoms with Crippen LogP contribution in [0.5, 0.6) is 0 Å². The molecule has 1 saturated heterocycles. The van der Waals surface area contributed by atoms with Gasteiger partial charge in [-0.1, -0.05) is 43.9 Å². The summed E-state index contributed by atoms with van der Waals surface area (Å²) in [6, 6.07) is 0.525. The average Bonchev–Trinajstić information content (AvgIpc) is 3.02. The molecule has 3 aliphatic rings. The molecule has 0 aromatic heterocycles. The normalized spacial score (nSPS) is 31.9. The Labute approximate surface area is 115 Å². The third-order valence-corrected chi connectivity index (χ3v) is 6.25. The fourth-order valence-electron chi connectivity index (χ4n) is 3.80. The van der Waals surface area contributed by atoms with Gasteiger partial charge in [0, 0.05) is 11.3 Å².